The Bertz CT molecular complexity index is 333. The first-order valence-electron chi connectivity index (χ1n) is 6.46. The molecule has 4 nitrogen and oxygen atoms in total. The van der Waals surface area contributed by atoms with Crippen molar-refractivity contribution in [3.63, 3.8) is 0 Å². The summed E-state index contributed by atoms with van der Waals surface area (Å²) >= 11 is 2.05. The van der Waals surface area contributed by atoms with Crippen molar-refractivity contribution in [2.75, 3.05) is 5.75 Å². The number of nitrogens with two attached hydrogens (primary N) is 1. The first kappa shape index (κ1) is 12.9. The average Bonchev–Trinajstić information content (AvgIpc) is 2.74. The Balaban J connectivity index is 1.70. The second-order valence-corrected chi connectivity index (χ2v) is 6.19. The first-order valence-corrected chi connectivity index (χ1v) is 7.50. The Kier molecular flexibility index (Phi) is 4.86. The number of rotatable bonds is 5. The highest BCUT2D eigenvalue weighted by atomic mass is 32.2. The van der Waals surface area contributed by atoms with Crippen LogP contribution in [0, 0.1) is 0 Å². The molecule has 96 valence electrons. The molecule has 1 fully saturated rings. The first-order chi connectivity index (χ1) is 8.25. The molecule has 1 aliphatic rings. The van der Waals surface area contributed by atoms with Crippen molar-refractivity contribution in [3.8, 4) is 0 Å². The highest BCUT2D eigenvalue weighted by Gasteiger charge is 2.16. The molecule has 5 heteroatoms. The van der Waals surface area contributed by atoms with Crippen LogP contribution in [0.4, 0.5) is 0 Å². The molecule has 0 aliphatic heterocycles. The third-order valence-corrected chi connectivity index (χ3v) is 4.91. The van der Waals surface area contributed by atoms with Crippen molar-refractivity contribution in [1.82, 2.24) is 14.8 Å². The lowest BCUT2D eigenvalue weighted by Crippen LogP contribution is -2.28. The van der Waals surface area contributed by atoms with E-state index in [-0.39, 0.29) is 6.04 Å². The van der Waals surface area contributed by atoms with Gasteiger partial charge in [0, 0.05) is 30.5 Å². The number of aryl methyl sites for hydroxylation is 1. The minimum Gasteiger partial charge on any atom is -0.327 e. The van der Waals surface area contributed by atoms with Crippen LogP contribution in [0.1, 0.15) is 37.9 Å². The van der Waals surface area contributed by atoms with Gasteiger partial charge in [-0.3, -0.25) is 4.68 Å². The molecule has 2 N–H and O–H groups in total. The Morgan fingerprint density at radius 3 is 2.88 bits per heavy atom. The predicted molar refractivity (Wildman–Crippen MR) is 72.0 cm³/mol. The number of hydrogen-bond donors (Lipinski definition) is 1. The van der Waals surface area contributed by atoms with Crippen molar-refractivity contribution >= 4 is 11.8 Å². The summed E-state index contributed by atoms with van der Waals surface area (Å²) in [4.78, 5) is 4.21. The lowest BCUT2D eigenvalue weighted by Gasteiger charge is -2.22. The maximum atomic E-state index is 6.15. The largest absolute Gasteiger partial charge is 0.327 e. The number of nitrogens with zero attached hydrogens (tertiary/aromatic N) is 3. The zero-order chi connectivity index (χ0) is 12.1. The summed E-state index contributed by atoms with van der Waals surface area (Å²) < 4.78 is 1.81. The molecule has 1 aliphatic carbocycles. The molecule has 17 heavy (non-hydrogen) atoms. The van der Waals surface area contributed by atoms with Crippen molar-refractivity contribution < 1.29 is 0 Å². The summed E-state index contributed by atoms with van der Waals surface area (Å²) in [6.45, 7) is 0. The van der Waals surface area contributed by atoms with Crippen LogP contribution >= 0.6 is 11.8 Å². The highest BCUT2D eigenvalue weighted by molar-refractivity contribution is 7.99. The molecule has 0 radical (unpaired) electrons. The van der Waals surface area contributed by atoms with Gasteiger partial charge in [-0.25, -0.2) is 4.98 Å². The van der Waals surface area contributed by atoms with Gasteiger partial charge in [-0.2, -0.15) is 16.9 Å². The number of hydrogen-bond acceptors (Lipinski definition) is 4. The fourth-order valence-electron chi connectivity index (χ4n) is 2.29. The van der Waals surface area contributed by atoms with Gasteiger partial charge in [-0.15, -0.1) is 0 Å². The lowest BCUT2D eigenvalue weighted by atomic mass is 10.0. The van der Waals surface area contributed by atoms with Crippen LogP contribution in [0.25, 0.3) is 0 Å². The van der Waals surface area contributed by atoms with E-state index in [0.29, 0.717) is 0 Å². The van der Waals surface area contributed by atoms with Crippen molar-refractivity contribution in [3.05, 3.63) is 12.2 Å². The van der Waals surface area contributed by atoms with Gasteiger partial charge in [-0.05, 0) is 12.8 Å². The molecular weight excluding hydrogens is 232 g/mol. The highest BCUT2D eigenvalue weighted by Crippen LogP contribution is 2.28. The van der Waals surface area contributed by atoms with E-state index in [9.17, 15) is 0 Å². The zero-order valence-corrected chi connectivity index (χ0v) is 11.3. The molecular formula is C12H22N4S. The second kappa shape index (κ2) is 6.40. The summed E-state index contributed by atoms with van der Waals surface area (Å²) in [7, 11) is 1.92. The maximum Gasteiger partial charge on any atom is 0.138 e. The van der Waals surface area contributed by atoms with Crippen LogP contribution in [-0.4, -0.2) is 31.8 Å². The van der Waals surface area contributed by atoms with E-state index in [1.165, 1.54) is 32.1 Å². The normalized spacial score (nSPS) is 19.4. The van der Waals surface area contributed by atoms with E-state index >= 15 is 0 Å². The third-order valence-electron chi connectivity index (χ3n) is 3.35. The molecule has 1 saturated carbocycles. The SMILES string of the molecule is Cn1ncnc1CC(N)CSC1CCCCC1. The molecule has 1 atom stereocenters. The van der Waals surface area contributed by atoms with Gasteiger partial charge < -0.3 is 5.73 Å². The van der Waals surface area contributed by atoms with E-state index < -0.39 is 0 Å². The van der Waals surface area contributed by atoms with Crippen LogP contribution in [0.15, 0.2) is 6.33 Å². The van der Waals surface area contributed by atoms with E-state index in [1.54, 1.807) is 6.33 Å². The molecule has 1 aromatic heterocycles. The van der Waals surface area contributed by atoms with Crippen LogP contribution in [0.2, 0.25) is 0 Å². The Morgan fingerprint density at radius 1 is 1.47 bits per heavy atom. The molecule has 0 saturated heterocycles. The van der Waals surface area contributed by atoms with Gasteiger partial charge in [0.05, 0.1) is 0 Å². The Labute approximate surface area is 107 Å². The fourth-order valence-corrected chi connectivity index (χ4v) is 3.59. The van der Waals surface area contributed by atoms with Gasteiger partial charge >= 0.3 is 0 Å². The maximum absolute atomic E-state index is 6.15. The smallest absolute Gasteiger partial charge is 0.138 e. The van der Waals surface area contributed by atoms with Crippen LogP contribution in [0.5, 0.6) is 0 Å². The van der Waals surface area contributed by atoms with Crippen LogP contribution in [0.3, 0.4) is 0 Å². The van der Waals surface area contributed by atoms with Crippen LogP contribution in [-0.2, 0) is 13.5 Å². The van der Waals surface area contributed by atoms with Gasteiger partial charge in [-0.1, -0.05) is 19.3 Å². The lowest BCUT2D eigenvalue weighted by molar-refractivity contribution is 0.515. The quantitative estimate of drug-likeness (QED) is 0.870. The minimum atomic E-state index is 0.199. The summed E-state index contributed by atoms with van der Waals surface area (Å²) in [6.07, 6.45) is 9.39. The van der Waals surface area contributed by atoms with E-state index in [1.807, 2.05) is 11.7 Å². The molecule has 2 rings (SSSR count). The van der Waals surface area contributed by atoms with Crippen molar-refractivity contribution in [2.45, 2.75) is 49.8 Å². The fraction of sp³-hybridized carbons (Fsp3) is 0.833. The second-order valence-electron chi connectivity index (χ2n) is 4.86. The Hall–Kier alpha value is -0.550. The third kappa shape index (κ3) is 4.00. The Morgan fingerprint density at radius 2 is 2.24 bits per heavy atom. The van der Waals surface area contributed by atoms with Gasteiger partial charge in [0.1, 0.15) is 12.2 Å². The summed E-state index contributed by atoms with van der Waals surface area (Å²) in [5.74, 6) is 2.03. The zero-order valence-electron chi connectivity index (χ0n) is 10.5. The van der Waals surface area contributed by atoms with Gasteiger partial charge in [0.15, 0.2) is 0 Å². The van der Waals surface area contributed by atoms with Crippen molar-refractivity contribution in [1.29, 1.82) is 0 Å². The monoisotopic (exact) mass is 254 g/mol. The number of thioether (sulfide) groups is 1. The van der Waals surface area contributed by atoms with E-state index in [2.05, 4.69) is 21.8 Å². The number of aromatic nitrogens is 3. The predicted octanol–water partition coefficient (Wildman–Crippen LogP) is 1.75. The molecule has 0 spiro atoms. The van der Waals surface area contributed by atoms with Gasteiger partial charge in [0.2, 0.25) is 0 Å². The van der Waals surface area contributed by atoms with E-state index in [4.69, 9.17) is 5.73 Å². The average molecular weight is 254 g/mol. The standard InChI is InChI=1S/C12H22N4S/c1-16-12(14-9-15-16)7-10(13)8-17-11-5-3-2-4-6-11/h9-11H,2-8,13H2,1H3. The van der Waals surface area contributed by atoms with Crippen LogP contribution < -0.4 is 5.73 Å². The molecule has 1 unspecified atom stereocenters. The molecule has 0 bridgehead atoms. The van der Waals surface area contributed by atoms with E-state index in [0.717, 1.165) is 23.2 Å². The van der Waals surface area contributed by atoms with Gasteiger partial charge in [0.25, 0.3) is 0 Å². The molecule has 1 aromatic rings. The summed E-state index contributed by atoms with van der Waals surface area (Å²) in [5, 5.41) is 4.90. The molecule has 0 amide bonds. The minimum absolute atomic E-state index is 0.199. The molecule has 1 heterocycles. The summed E-state index contributed by atoms with van der Waals surface area (Å²) in [6, 6.07) is 0.199. The topological polar surface area (TPSA) is 56.7 Å². The summed E-state index contributed by atoms with van der Waals surface area (Å²) in [5.41, 5.74) is 6.15. The van der Waals surface area contributed by atoms with Crippen molar-refractivity contribution in [2.24, 2.45) is 12.8 Å². The molecule has 0 aromatic carbocycles.